The minimum Gasteiger partial charge on any atom is -0.508 e. The van der Waals surface area contributed by atoms with Crippen LogP contribution in [0.15, 0.2) is 47.3 Å². The van der Waals surface area contributed by atoms with Gasteiger partial charge in [0.05, 0.1) is 17.6 Å². The summed E-state index contributed by atoms with van der Waals surface area (Å²) in [5.41, 5.74) is -1.15. The van der Waals surface area contributed by atoms with Gasteiger partial charge in [-0.05, 0) is 29.1 Å². The number of aliphatic hydroxyl groups excluding tert-OH is 2. The number of phenolic OH excluding ortho intramolecular Hbond substituents is 6. The lowest BCUT2D eigenvalue weighted by atomic mass is 9.90. The van der Waals surface area contributed by atoms with Gasteiger partial charge in [0, 0.05) is 55.1 Å². The van der Waals surface area contributed by atoms with Gasteiger partial charge in [0.2, 0.25) is 5.43 Å². The van der Waals surface area contributed by atoms with Crippen LogP contribution in [0.3, 0.4) is 0 Å². The normalized spacial score (nSPS) is 23.6. The van der Waals surface area contributed by atoms with Crippen LogP contribution in [-0.4, -0.2) is 58.2 Å². The maximum absolute atomic E-state index is 13.3. The summed E-state index contributed by atoms with van der Waals surface area (Å²) < 4.78 is 20.3. The zero-order chi connectivity index (χ0) is 30.2. The Morgan fingerprint density at radius 2 is 1.29 bits per heavy atom. The van der Waals surface area contributed by atoms with E-state index in [2.05, 4.69) is 0 Å². The van der Waals surface area contributed by atoms with E-state index >= 15 is 0 Å². The number of hydrogen-bond donors (Lipinski definition) is 9. The fourth-order valence-corrected chi connectivity index (χ4v) is 5.36. The summed E-state index contributed by atoms with van der Waals surface area (Å²) >= 11 is 0. The van der Waals surface area contributed by atoms with Crippen molar-refractivity contribution in [3.05, 3.63) is 74.9 Å². The fourth-order valence-electron chi connectivity index (χ4n) is 5.36. The first-order valence-corrected chi connectivity index (χ1v) is 12.3. The third kappa shape index (κ3) is 4.20. The Hall–Kier alpha value is -5.07. The van der Waals surface area contributed by atoms with Gasteiger partial charge < -0.3 is 55.4 Å². The second-order valence-electron chi connectivity index (χ2n) is 9.95. The van der Waals surface area contributed by atoms with Crippen molar-refractivity contribution in [2.45, 2.75) is 37.2 Å². The Labute approximate surface area is 231 Å². The molecule has 212 valence electrons. The van der Waals surface area contributed by atoms with E-state index in [1.807, 2.05) is 0 Å². The summed E-state index contributed by atoms with van der Waals surface area (Å²) in [6, 6.07) is 7.63. The summed E-state index contributed by atoms with van der Waals surface area (Å²) in [4.78, 5) is 13.3. The van der Waals surface area contributed by atoms with Gasteiger partial charge in [-0.3, -0.25) is 4.79 Å². The number of aliphatic hydroxyl groups is 2. The maximum Gasteiger partial charge on any atom is 0.231 e. The average Bonchev–Trinajstić information content (AvgIpc) is 3.04. The molecule has 4 aromatic carbocycles. The van der Waals surface area contributed by atoms with Gasteiger partial charge in [-0.2, -0.15) is 0 Å². The van der Waals surface area contributed by atoms with Crippen LogP contribution in [0.4, 0.5) is 0 Å². The second-order valence-corrected chi connectivity index (χ2v) is 9.95. The molecule has 0 fully saturated rings. The molecular weight excluding hydrogens is 540 g/mol. The molecule has 0 aliphatic carbocycles. The second kappa shape index (κ2) is 9.25. The molecule has 9 N–H and O–H groups in total. The van der Waals surface area contributed by atoms with E-state index in [4.69, 9.17) is 10.8 Å². The van der Waals surface area contributed by atoms with Crippen LogP contribution >= 0.6 is 0 Å². The van der Waals surface area contributed by atoms with Crippen molar-refractivity contribution >= 4 is 10.8 Å². The smallest absolute Gasteiger partial charge is 0.231 e. The molecule has 1 unspecified atom stereocenters. The number of ether oxygens (including phenoxy) is 2. The van der Waals surface area contributed by atoms with Gasteiger partial charge in [-0.1, -0.05) is 0 Å². The van der Waals surface area contributed by atoms with E-state index in [1.165, 1.54) is 12.1 Å². The quantitative estimate of drug-likeness (QED) is 0.160. The molecule has 0 amide bonds. The first-order valence-electron chi connectivity index (χ1n) is 12.9. The number of fused-ring (bicyclic) bond motifs is 3. The van der Waals surface area contributed by atoms with Crippen LogP contribution in [0, 0.1) is 0 Å². The van der Waals surface area contributed by atoms with Crippen molar-refractivity contribution in [1.82, 2.24) is 0 Å². The van der Waals surface area contributed by atoms with E-state index < -0.39 is 70.4 Å². The molecule has 0 radical (unpaired) electrons. The predicted molar refractivity (Wildman–Crippen MR) is 141 cm³/mol. The third-order valence-electron chi connectivity index (χ3n) is 7.25. The SMILES string of the molecule is [2H]C1c2c(O)cc(O)cc2O[C@H](c2cc(O)c(O)c3c(=O)c(O)cc([C@H]4Oc5cc(O)cc(O)c5C[C@H]4O)cc23)[C@@H]1O. The maximum atomic E-state index is 13.3. The first kappa shape index (κ1) is 24.9. The number of phenols is 6. The molecule has 4 aromatic rings. The van der Waals surface area contributed by atoms with Crippen LogP contribution in [-0.2, 0) is 12.8 Å². The number of benzene rings is 3. The van der Waals surface area contributed by atoms with Crippen molar-refractivity contribution in [2.75, 3.05) is 0 Å². The number of aromatic hydroxyl groups is 7. The van der Waals surface area contributed by atoms with E-state index in [-0.39, 0.29) is 57.1 Å². The van der Waals surface area contributed by atoms with Crippen molar-refractivity contribution in [1.29, 1.82) is 0 Å². The van der Waals surface area contributed by atoms with Gasteiger partial charge in [-0.15, -0.1) is 0 Å². The Morgan fingerprint density at radius 3 is 1.98 bits per heavy atom. The first-order chi connectivity index (χ1) is 19.8. The van der Waals surface area contributed by atoms with Crippen LogP contribution in [0.5, 0.6) is 51.7 Å². The molecule has 5 atom stereocenters. The predicted octanol–water partition coefficient (Wildman–Crippen LogP) is 2.21. The zero-order valence-corrected chi connectivity index (χ0v) is 20.9. The van der Waals surface area contributed by atoms with E-state index in [1.54, 1.807) is 0 Å². The highest BCUT2D eigenvalue weighted by molar-refractivity contribution is 5.94. The molecule has 0 saturated heterocycles. The van der Waals surface area contributed by atoms with Crippen molar-refractivity contribution in [2.24, 2.45) is 0 Å². The Morgan fingerprint density at radius 1 is 0.683 bits per heavy atom. The lowest BCUT2D eigenvalue weighted by Crippen LogP contribution is -2.31. The molecule has 0 aromatic heterocycles. The monoisotopic (exact) mass is 565 g/mol. The molecule has 0 spiro atoms. The van der Waals surface area contributed by atoms with Crippen LogP contribution < -0.4 is 14.9 Å². The van der Waals surface area contributed by atoms with Gasteiger partial charge in [-0.25, -0.2) is 0 Å². The number of hydrogen-bond acceptors (Lipinski definition) is 12. The topological polar surface area (TPSA) is 218 Å². The molecule has 2 aliphatic heterocycles. The molecular formula is C29H24O12. The molecule has 2 aliphatic rings. The average molecular weight is 566 g/mol. The van der Waals surface area contributed by atoms with E-state index in [0.717, 1.165) is 30.3 Å². The molecule has 6 rings (SSSR count). The standard InChI is InChI=1S/C29H24O12/c30-11-3-17(32)15-8-21(36)28(40-23(15)5-11)10-1-13-14(7-20(35)27(39)25(13)26(38)19(34)2-10)29-22(37)9-16-18(33)4-12(31)6-24(16)41-29/h1-7,21-22,28-33,35-37,39H,8-9H2,(H,34,38)/t21-,22-,28-,29-/m1/s1/i9D/t9?,21-,22-,28-,29-. The van der Waals surface area contributed by atoms with Crippen molar-refractivity contribution in [3.8, 4) is 51.7 Å². The summed E-state index contributed by atoms with van der Waals surface area (Å²) in [7, 11) is 0. The highest BCUT2D eigenvalue weighted by atomic mass is 16.5. The third-order valence-corrected chi connectivity index (χ3v) is 7.25. The summed E-state index contributed by atoms with van der Waals surface area (Å²) in [5, 5.41) is 93.5. The molecule has 12 nitrogen and oxygen atoms in total. The minimum atomic E-state index is -1.70. The van der Waals surface area contributed by atoms with Gasteiger partial charge in [0.1, 0.15) is 40.6 Å². The van der Waals surface area contributed by atoms with E-state index in [9.17, 15) is 50.8 Å². The van der Waals surface area contributed by atoms with Crippen LogP contribution in [0.25, 0.3) is 10.8 Å². The number of rotatable bonds is 2. The molecule has 12 heteroatoms. The lowest BCUT2D eigenvalue weighted by molar-refractivity contribution is 0.0193. The molecule has 0 bridgehead atoms. The Bertz CT molecular complexity index is 1840. The van der Waals surface area contributed by atoms with Crippen LogP contribution in [0.2, 0.25) is 0 Å². The van der Waals surface area contributed by atoms with Crippen molar-refractivity contribution in [3.63, 3.8) is 0 Å². The minimum absolute atomic E-state index is 0.00432. The largest absolute Gasteiger partial charge is 0.508 e. The summed E-state index contributed by atoms with van der Waals surface area (Å²) in [6.45, 7) is 0. The molecule has 2 heterocycles. The lowest BCUT2D eigenvalue weighted by Gasteiger charge is -2.32. The molecule has 41 heavy (non-hydrogen) atoms. The highest BCUT2D eigenvalue weighted by Gasteiger charge is 2.36. The molecule has 0 saturated carbocycles. The van der Waals surface area contributed by atoms with Crippen molar-refractivity contribution < 1.29 is 56.8 Å². The summed E-state index contributed by atoms with van der Waals surface area (Å²) in [5.74, 6) is -4.25. The Kier molecular flexibility index (Phi) is 5.63. The van der Waals surface area contributed by atoms with Crippen LogP contribution in [0.1, 0.15) is 35.8 Å². The van der Waals surface area contributed by atoms with Gasteiger partial charge in [0.25, 0.3) is 0 Å². The van der Waals surface area contributed by atoms with Gasteiger partial charge in [0.15, 0.2) is 23.4 Å². The summed E-state index contributed by atoms with van der Waals surface area (Å²) in [6.07, 6.45) is -7.46. The highest BCUT2D eigenvalue weighted by Crippen LogP contribution is 2.47. The zero-order valence-electron chi connectivity index (χ0n) is 21.9. The fraction of sp³-hybridized carbons (Fsp3) is 0.207. The van der Waals surface area contributed by atoms with Gasteiger partial charge >= 0.3 is 0 Å². The van der Waals surface area contributed by atoms with E-state index in [0.29, 0.717) is 0 Å². The Balaban J connectivity index is 1.58.